The first-order valence-corrected chi connectivity index (χ1v) is 11.9. The fourth-order valence-corrected chi connectivity index (χ4v) is 4.01. The first-order chi connectivity index (χ1) is 16.6. The van der Waals surface area contributed by atoms with E-state index in [0.29, 0.717) is 39.8 Å². The van der Waals surface area contributed by atoms with Crippen LogP contribution in [0.4, 0.5) is 21.0 Å². The van der Waals surface area contributed by atoms with Gasteiger partial charge in [0.25, 0.3) is 0 Å². The van der Waals surface area contributed by atoms with Gasteiger partial charge in [0.2, 0.25) is 0 Å². The van der Waals surface area contributed by atoms with Gasteiger partial charge in [-0.05, 0) is 69.5 Å². The van der Waals surface area contributed by atoms with Crippen molar-refractivity contribution in [3.63, 3.8) is 0 Å². The molecule has 35 heavy (non-hydrogen) atoms. The van der Waals surface area contributed by atoms with E-state index in [1.54, 1.807) is 62.1 Å². The van der Waals surface area contributed by atoms with Crippen LogP contribution in [0.15, 0.2) is 53.7 Å². The molecular weight excluding hydrogens is 468 g/mol. The zero-order chi connectivity index (χ0) is 25.7. The second-order valence-corrected chi connectivity index (χ2v) is 9.06. The maximum atomic E-state index is 13.0. The van der Waals surface area contributed by atoms with Crippen LogP contribution in [-0.2, 0) is 9.53 Å². The molecule has 3 N–H and O–H groups in total. The summed E-state index contributed by atoms with van der Waals surface area (Å²) in [7, 11) is 0. The van der Waals surface area contributed by atoms with Crippen molar-refractivity contribution in [1.82, 2.24) is 10.2 Å². The first-order valence-electron chi connectivity index (χ1n) is 11.5. The van der Waals surface area contributed by atoms with E-state index in [2.05, 4.69) is 16.0 Å². The van der Waals surface area contributed by atoms with Gasteiger partial charge < -0.3 is 20.7 Å². The molecule has 186 valence electrons. The van der Waals surface area contributed by atoms with E-state index in [1.807, 2.05) is 19.9 Å². The fraction of sp³-hybridized carbons (Fsp3) is 0.346. The zero-order valence-electron chi connectivity index (χ0n) is 20.6. The highest BCUT2D eigenvalue weighted by Crippen LogP contribution is 2.33. The number of nitrogens with zero attached hydrogens (tertiary/aromatic N) is 1. The van der Waals surface area contributed by atoms with Crippen molar-refractivity contribution in [2.24, 2.45) is 0 Å². The van der Waals surface area contributed by atoms with E-state index in [-0.39, 0.29) is 12.1 Å². The van der Waals surface area contributed by atoms with Gasteiger partial charge in [0.15, 0.2) is 0 Å². The molecule has 0 aromatic heterocycles. The highest BCUT2D eigenvalue weighted by Gasteiger charge is 2.36. The van der Waals surface area contributed by atoms with Gasteiger partial charge in [-0.25, -0.2) is 14.4 Å². The highest BCUT2D eigenvalue weighted by atomic mass is 35.5. The van der Waals surface area contributed by atoms with Crippen molar-refractivity contribution in [1.29, 1.82) is 0 Å². The van der Waals surface area contributed by atoms with Gasteiger partial charge in [0.05, 0.1) is 17.7 Å². The standard InChI is InChI=1S/C26H31ClN4O4/c1-6-12-31-17(5)22(24(32)35-15(2)3)23(30-26(31)34)18-8-7-9-19(13-18)28-25(33)29-20-11-10-16(4)21(27)14-20/h7-11,13-15,23H,6,12H2,1-5H3,(H,30,34)(H2,28,29,33). The quantitative estimate of drug-likeness (QED) is 0.408. The van der Waals surface area contributed by atoms with Crippen LogP contribution in [0.25, 0.3) is 0 Å². The summed E-state index contributed by atoms with van der Waals surface area (Å²) in [5, 5.41) is 9.00. The van der Waals surface area contributed by atoms with Crippen molar-refractivity contribution in [2.45, 2.75) is 53.2 Å². The predicted octanol–water partition coefficient (Wildman–Crippen LogP) is 5.99. The molecule has 0 fully saturated rings. The molecule has 3 rings (SSSR count). The second-order valence-electron chi connectivity index (χ2n) is 8.66. The van der Waals surface area contributed by atoms with E-state index in [0.717, 1.165) is 12.0 Å². The fourth-order valence-electron chi connectivity index (χ4n) is 3.83. The first kappa shape index (κ1) is 26.1. The third-order valence-corrected chi connectivity index (χ3v) is 5.92. The van der Waals surface area contributed by atoms with E-state index in [9.17, 15) is 14.4 Å². The Labute approximate surface area is 210 Å². The summed E-state index contributed by atoms with van der Waals surface area (Å²) in [6.07, 6.45) is 0.426. The van der Waals surface area contributed by atoms with Gasteiger partial charge in [-0.2, -0.15) is 0 Å². The number of esters is 1. The summed E-state index contributed by atoms with van der Waals surface area (Å²) in [5.74, 6) is -0.490. The normalized spacial score (nSPS) is 15.7. The molecule has 8 nitrogen and oxygen atoms in total. The van der Waals surface area contributed by atoms with Gasteiger partial charge in [-0.15, -0.1) is 0 Å². The van der Waals surface area contributed by atoms with Crippen LogP contribution < -0.4 is 16.0 Å². The Balaban J connectivity index is 1.87. The second kappa shape index (κ2) is 11.3. The maximum Gasteiger partial charge on any atom is 0.338 e. The third-order valence-electron chi connectivity index (χ3n) is 5.51. The van der Waals surface area contributed by atoms with E-state index >= 15 is 0 Å². The van der Waals surface area contributed by atoms with Crippen LogP contribution in [0.3, 0.4) is 0 Å². The van der Waals surface area contributed by atoms with Crippen LogP contribution in [0.1, 0.15) is 51.3 Å². The molecular formula is C26H31ClN4O4. The van der Waals surface area contributed by atoms with Crippen LogP contribution in [0.5, 0.6) is 0 Å². The molecule has 0 saturated heterocycles. The predicted molar refractivity (Wildman–Crippen MR) is 137 cm³/mol. The summed E-state index contributed by atoms with van der Waals surface area (Å²) in [6.45, 7) is 9.62. The minimum Gasteiger partial charge on any atom is -0.459 e. The van der Waals surface area contributed by atoms with E-state index < -0.39 is 18.0 Å². The molecule has 2 aromatic carbocycles. The summed E-state index contributed by atoms with van der Waals surface area (Å²) >= 11 is 6.14. The lowest BCUT2D eigenvalue weighted by molar-refractivity contribution is -0.143. The number of allylic oxidation sites excluding steroid dienone is 1. The molecule has 0 aliphatic carbocycles. The SMILES string of the molecule is CCCN1C(=O)NC(c2cccc(NC(=O)Nc3ccc(C)c(Cl)c3)c2)C(C(=O)OC(C)C)=C1C. The lowest BCUT2D eigenvalue weighted by Gasteiger charge is -2.35. The summed E-state index contributed by atoms with van der Waals surface area (Å²) in [4.78, 5) is 40.0. The van der Waals surface area contributed by atoms with Gasteiger partial charge in [0, 0.05) is 28.6 Å². The molecule has 1 aliphatic heterocycles. The number of hydrogen-bond donors (Lipinski definition) is 3. The Morgan fingerprint density at radius 3 is 2.43 bits per heavy atom. The minimum absolute atomic E-state index is 0.289. The number of amides is 4. The van der Waals surface area contributed by atoms with E-state index in [4.69, 9.17) is 16.3 Å². The largest absolute Gasteiger partial charge is 0.459 e. The van der Waals surface area contributed by atoms with Crippen LogP contribution in [0.2, 0.25) is 5.02 Å². The summed E-state index contributed by atoms with van der Waals surface area (Å²) in [6, 6.07) is 10.8. The number of carbonyl (C=O) groups is 3. The summed E-state index contributed by atoms with van der Waals surface area (Å²) < 4.78 is 5.49. The molecule has 1 heterocycles. The average Bonchev–Trinajstić information content (AvgIpc) is 2.78. The molecule has 0 bridgehead atoms. The van der Waals surface area contributed by atoms with Crippen molar-refractivity contribution in [3.8, 4) is 0 Å². The Hall–Kier alpha value is -3.52. The molecule has 2 aromatic rings. The van der Waals surface area contributed by atoms with Crippen molar-refractivity contribution in [3.05, 3.63) is 69.9 Å². The Morgan fingerprint density at radius 2 is 1.80 bits per heavy atom. The molecule has 0 saturated carbocycles. The molecule has 9 heteroatoms. The maximum absolute atomic E-state index is 13.0. The third kappa shape index (κ3) is 6.33. The smallest absolute Gasteiger partial charge is 0.338 e. The molecule has 0 spiro atoms. The number of benzene rings is 2. The van der Waals surface area contributed by atoms with E-state index in [1.165, 1.54) is 0 Å². The van der Waals surface area contributed by atoms with Crippen molar-refractivity contribution < 1.29 is 19.1 Å². The number of rotatable bonds is 7. The van der Waals surface area contributed by atoms with Crippen LogP contribution >= 0.6 is 11.6 Å². The van der Waals surface area contributed by atoms with Gasteiger partial charge in [-0.1, -0.05) is 36.7 Å². The zero-order valence-corrected chi connectivity index (χ0v) is 21.3. The lowest BCUT2D eigenvalue weighted by Crippen LogP contribution is -2.48. The van der Waals surface area contributed by atoms with Crippen LogP contribution in [-0.4, -0.2) is 35.6 Å². The molecule has 0 radical (unpaired) electrons. The molecule has 1 aliphatic rings. The number of urea groups is 2. The molecule has 1 atom stereocenters. The lowest BCUT2D eigenvalue weighted by atomic mass is 9.94. The number of nitrogens with one attached hydrogen (secondary N) is 3. The summed E-state index contributed by atoms with van der Waals surface area (Å²) in [5.41, 5.74) is 3.52. The minimum atomic E-state index is -0.720. The average molecular weight is 499 g/mol. The Bertz CT molecular complexity index is 1160. The van der Waals surface area contributed by atoms with Gasteiger partial charge in [0.1, 0.15) is 0 Å². The van der Waals surface area contributed by atoms with Gasteiger partial charge >= 0.3 is 18.0 Å². The van der Waals surface area contributed by atoms with Crippen molar-refractivity contribution in [2.75, 3.05) is 17.2 Å². The Morgan fingerprint density at radius 1 is 1.11 bits per heavy atom. The topological polar surface area (TPSA) is 99.8 Å². The highest BCUT2D eigenvalue weighted by molar-refractivity contribution is 6.31. The number of aryl methyl sites for hydroxylation is 1. The number of anilines is 2. The molecule has 1 unspecified atom stereocenters. The van der Waals surface area contributed by atoms with Crippen molar-refractivity contribution >= 4 is 41.0 Å². The van der Waals surface area contributed by atoms with Gasteiger partial charge in [-0.3, -0.25) is 4.90 Å². The molecule has 4 amide bonds. The number of halogens is 1. The monoisotopic (exact) mass is 498 g/mol. The number of hydrogen-bond acceptors (Lipinski definition) is 4. The van der Waals surface area contributed by atoms with Crippen LogP contribution in [0, 0.1) is 6.92 Å². The Kier molecular flexibility index (Phi) is 8.40. The number of carbonyl (C=O) groups excluding carboxylic acids is 3. The number of ether oxygens (including phenoxy) is 1.